The standard InChI is InChI=1S/C21H16ClN3O4S3/c1-29-15-5-7-16(8-6-15)32(27,28)25-14-4-2-3-13(11-14)20(26)24-21-23-17(12-30-21)18-9-10-19(22)31-18/h2-12,25H,1H3,(H,23,24,26). The van der Waals surface area contributed by atoms with Gasteiger partial charge in [0.1, 0.15) is 5.75 Å². The van der Waals surface area contributed by atoms with Crippen molar-refractivity contribution in [3.05, 3.63) is 75.9 Å². The SMILES string of the molecule is COc1ccc(S(=O)(=O)Nc2cccc(C(=O)Nc3nc(-c4ccc(Cl)s4)cs3)c2)cc1. The molecule has 164 valence electrons. The third-order valence-corrected chi connectivity index (χ3v) is 7.71. The highest BCUT2D eigenvalue weighted by Gasteiger charge is 2.16. The van der Waals surface area contributed by atoms with Gasteiger partial charge in [-0.15, -0.1) is 22.7 Å². The van der Waals surface area contributed by atoms with Crippen LogP contribution in [0.1, 0.15) is 10.4 Å². The number of rotatable bonds is 7. The van der Waals surface area contributed by atoms with E-state index < -0.39 is 15.9 Å². The number of ether oxygens (including phenoxy) is 1. The van der Waals surface area contributed by atoms with Crippen molar-refractivity contribution in [2.75, 3.05) is 17.1 Å². The summed E-state index contributed by atoms with van der Waals surface area (Å²) in [4.78, 5) is 18.1. The molecule has 0 atom stereocenters. The van der Waals surface area contributed by atoms with E-state index in [2.05, 4.69) is 15.0 Å². The van der Waals surface area contributed by atoms with Gasteiger partial charge in [-0.2, -0.15) is 0 Å². The maximum absolute atomic E-state index is 12.7. The number of amides is 1. The smallest absolute Gasteiger partial charge is 0.261 e. The molecule has 32 heavy (non-hydrogen) atoms. The number of carbonyl (C=O) groups is 1. The van der Waals surface area contributed by atoms with Crippen LogP contribution in [0, 0.1) is 0 Å². The number of methoxy groups -OCH3 is 1. The van der Waals surface area contributed by atoms with Crippen LogP contribution in [0.15, 0.2) is 70.9 Å². The van der Waals surface area contributed by atoms with Crippen LogP contribution >= 0.6 is 34.3 Å². The van der Waals surface area contributed by atoms with Gasteiger partial charge in [-0.25, -0.2) is 13.4 Å². The molecule has 0 aliphatic carbocycles. The molecule has 0 bridgehead atoms. The number of hydrogen-bond donors (Lipinski definition) is 2. The fourth-order valence-electron chi connectivity index (χ4n) is 2.76. The van der Waals surface area contributed by atoms with E-state index in [1.165, 1.54) is 48.0 Å². The van der Waals surface area contributed by atoms with Crippen molar-refractivity contribution in [2.45, 2.75) is 4.90 Å². The minimum Gasteiger partial charge on any atom is -0.497 e. The maximum atomic E-state index is 12.7. The number of nitrogens with zero attached hydrogens (tertiary/aromatic N) is 1. The summed E-state index contributed by atoms with van der Waals surface area (Å²) in [6.45, 7) is 0. The van der Waals surface area contributed by atoms with Gasteiger partial charge in [0.05, 0.1) is 26.9 Å². The number of anilines is 2. The summed E-state index contributed by atoms with van der Waals surface area (Å²) in [7, 11) is -2.32. The van der Waals surface area contributed by atoms with E-state index in [0.29, 0.717) is 15.2 Å². The lowest BCUT2D eigenvalue weighted by Crippen LogP contribution is -2.15. The van der Waals surface area contributed by atoms with E-state index in [9.17, 15) is 13.2 Å². The molecule has 0 unspecified atom stereocenters. The molecular weight excluding hydrogens is 490 g/mol. The molecule has 11 heteroatoms. The lowest BCUT2D eigenvalue weighted by atomic mass is 10.2. The van der Waals surface area contributed by atoms with Crippen molar-refractivity contribution >= 4 is 61.0 Å². The van der Waals surface area contributed by atoms with E-state index in [4.69, 9.17) is 16.3 Å². The number of thiazole rings is 1. The number of thiophene rings is 1. The monoisotopic (exact) mass is 505 g/mol. The van der Waals surface area contributed by atoms with Crippen molar-refractivity contribution in [1.29, 1.82) is 0 Å². The summed E-state index contributed by atoms with van der Waals surface area (Å²) in [5.41, 5.74) is 1.28. The number of carbonyl (C=O) groups excluding carboxylic acids is 1. The first kappa shape index (κ1) is 22.3. The molecule has 2 heterocycles. The Bertz CT molecular complexity index is 1360. The van der Waals surface area contributed by atoms with Gasteiger partial charge in [-0.1, -0.05) is 17.7 Å². The summed E-state index contributed by atoms with van der Waals surface area (Å²) in [6.07, 6.45) is 0. The lowest BCUT2D eigenvalue weighted by molar-refractivity contribution is 0.102. The normalized spacial score (nSPS) is 11.2. The summed E-state index contributed by atoms with van der Waals surface area (Å²) < 4.78 is 33.5. The highest BCUT2D eigenvalue weighted by Crippen LogP contribution is 2.33. The molecule has 7 nitrogen and oxygen atoms in total. The van der Waals surface area contributed by atoms with Crippen molar-refractivity contribution in [3.8, 4) is 16.3 Å². The fourth-order valence-corrected chi connectivity index (χ4v) is 5.59. The number of nitrogens with one attached hydrogen (secondary N) is 2. The van der Waals surface area contributed by atoms with Gasteiger partial charge in [0.15, 0.2) is 5.13 Å². The number of aromatic nitrogens is 1. The van der Waals surface area contributed by atoms with Crippen molar-refractivity contribution < 1.29 is 17.9 Å². The van der Waals surface area contributed by atoms with Crippen molar-refractivity contribution in [3.63, 3.8) is 0 Å². The van der Waals surface area contributed by atoms with Crippen LogP contribution in [0.4, 0.5) is 10.8 Å². The van der Waals surface area contributed by atoms with Gasteiger partial charge < -0.3 is 4.74 Å². The molecule has 0 aliphatic heterocycles. The van der Waals surface area contributed by atoms with Crippen molar-refractivity contribution in [1.82, 2.24) is 4.98 Å². The number of hydrogen-bond acceptors (Lipinski definition) is 7. The molecule has 2 N–H and O–H groups in total. The molecule has 0 saturated carbocycles. The van der Waals surface area contributed by atoms with E-state index in [0.717, 1.165) is 10.6 Å². The highest BCUT2D eigenvalue weighted by molar-refractivity contribution is 7.92. The zero-order valence-electron chi connectivity index (χ0n) is 16.5. The minimum absolute atomic E-state index is 0.0807. The Labute approximate surface area is 197 Å². The third kappa shape index (κ3) is 5.10. The van der Waals surface area contributed by atoms with Gasteiger partial charge >= 0.3 is 0 Å². The Kier molecular flexibility index (Phi) is 6.47. The van der Waals surface area contributed by atoms with Crippen LogP contribution in [-0.2, 0) is 10.0 Å². The van der Waals surface area contributed by atoms with Crippen LogP contribution in [0.25, 0.3) is 10.6 Å². The van der Waals surface area contributed by atoms with Gasteiger partial charge in [0, 0.05) is 16.6 Å². The molecular formula is C21H16ClN3O4S3. The molecule has 1 amide bonds. The quantitative estimate of drug-likeness (QED) is 0.341. The van der Waals surface area contributed by atoms with Crippen LogP contribution in [0.2, 0.25) is 4.34 Å². The van der Waals surface area contributed by atoms with Crippen LogP contribution in [0.3, 0.4) is 0 Å². The van der Waals surface area contributed by atoms with Gasteiger partial charge in [0.2, 0.25) is 0 Å². The Morgan fingerprint density at radius 1 is 1.09 bits per heavy atom. The molecule has 0 saturated heterocycles. The number of halogens is 1. The zero-order chi connectivity index (χ0) is 22.7. The topological polar surface area (TPSA) is 97.4 Å². The van der Waals surface area contributed by atoms with Crippen LogP contribution < -0.4 is 14.8 Å². The first-order chi connectivity index (χ1) is 15.3. The second kappa shape index (κ2) is 9.29. The average Bonchev–Trinajstić information content (AvgIpc) is 3.42. The molecule has 4 rings (SSSR count). The van der Waals surface area contributed by atoms with E-state index >= 15 is 0 Å². The second-order valence-corrected chi connectivity index (χ2v) is 10.7. The first-order valence-electron chi connectivity index (χ1n) is 9.13. The maximum Gasteiger partial charge on any atom is 0.261 e. The third-order valence-electron chi connectivity index (χ3n) is 4.30. The summed E-state index contributed by atoms with van der Waals surface area (Å²) in [6, 6.07) is 15.9. The van der Waals surface area contributed by atoms with E-state index in [1.807, 2.05) is 11.4 Å². The minimum atomic E-state index is -3.82. The molecule has 4 aromatic rings. The van der Waals surface area contributed by atoms with Gasteiger partial charge in [-0.3, -0.25) is 14.8 Å². The Balaban J connectivity index is 1.47. The molecule has 2 aromatic heterocycles. The van der Waals surface area contributed by atoms with Gasteiger partial charge in [0.25, 0.3) is 15.9 Å². The lowest BCUT2D eigenvalue weighted by Gasteiger charge is -2.10. The van der Waals surface area contributed by atoms with Crippen LogP contribution in [-0.4, -0.2) is 26.4 Å². The molecule has 0 aliphatic rings. The Hall–Kier alpha value is -2.92. The summed E-state index contributed by atoms with van der Waals surface area (Å²) in [5, 5.41) is 5.00. The molecule has 0 radical (unpaired) electrons. The number of benzene rings is 2. The van der Waals surface area contributed by atoms with Gasteiger partial charge in [-0.05, 0) is 54.6 Å². The summed E-state index contributed by atoms with van der Waals surface area (Å²) >= 11 is 8.66. The fraction of sp³-hybridized carbons (Fsp3) is 0.0476. The van der Waals surface area contributed by atoms with E-state index in [1.54, 1.807) is 36.4 Å². The predicted molar refractivity (Wildman–Crippen MR) is 129 cm³/mol. The Morgan fingerprint density at radius 3 is 2.56 bits per heavy atom. The van der Waals surface area contributed by atoms with E-state index in [-0.39, 0.29) is 16.1 Å². The molecule has 0 fully saturated rings. The number of sulfonamides is 1. The van der Waals surface area contributed by atoms with Crippen LogP contribution in [0.5, 0.6) is 5.75 Å². The highest BCUT2D eigenvalue weighted by atomic mass is 35.5. The predicted octanol–water partition coefficient (Wildman–Crippen LogP) is 5.59. The largest absolute Gasteiger partial charge is 0.497 e. The van der Waals surface area contributed by atoms with Crippen molar-refractivity contribution in [2.24, 2.45) is 0 Å². The first-order valence-corrected chi connectivity index (χ1v) is 12.7. The molecule has 0 spiro atoms. The molecule has 2 aromatic carbocycles. The second-order valence-electron chi connectivity index (χ2n) is 6.46. The average molecular weight is 506 g/mol. The zero-order valence-corrected chi connectivity index (χ0v) is 19.7. The summed E-state index contributed by atoms with van der Waals surface area (Å²) in [5.74, 6) is 0.149. The Morgan fingerprint density at radius 2 is 1.88 bits per heavy atom.